The lowest BCUT2D eigenvalue weighted by molar-refractivity contribution is 0.470. The van der Waals surface area contributed by atoms with Crippen LogP contribution in [-0.2, 0) is 6.42 Å². The van der Waals surface area contributed by atoms with Crippen molar-refractivity contribution in [2.24, 2.45) is 5.73 Å². The number of aryl methyl sites for hydroxylation is 1. The van der Waals surface area contributed by atoms with Gasteiger partial charge in [-0.3, -0.25) is 0 Å². The second-order valence-electron chi connectivity index (χ2n) is 2.66. The molecule has 2 heteroatoms. The number of hydrogen-bond acceptors (Lipinski definition) is 2. The van der Waals surface area contributed by atoms with Crippen LogP contribution in [0.5, 0.6) is 5.75 Å². The SMILES string of the molecule is Cc1ccc(CCN)cc1O. The second kappa shape index (κ2) is 3.39. The van der Waals surface area contributed by atoms with Crippen LogP contribution >= 0.6 is 0 Å². The Labute approximate surface area is 66.7 Å². The number of nitrogens with two attached hydrogens (primary N) is 1. The van der Waals surface area contributed by atoms with Crippen molar-refractivity contribution in [1.29, 1.82) is 0 Å². The summed E-state index contributed by atoms with van der Waals surface area (Å²) >= 11 is 0. The summed E-state index contributed by atoms with van der Waals surface area (Å²) in [5, 5.41) is 9.29. The minimum absolute atomic E-state index is 0.357. The predicted molar refractivity (Wildman–Crippen MR) is 45.6 cm³/mol. The van der Waals surface area contributed by atoms with E-state index in [1.807, 2.05) is 19.1 Å². The van der Waals surface area contributed by atoms with Crippen LogP contribution in [0.2, 0.25) is 0 Å². The van der Waals surface area contributed by atoms with E-state index in [4.69, 9.17) is 5.73 Å². The molecule has 0 saturated heterocycles. The molecule has 0 radical (unpaired) electrons. The van der Waals surface area contributed by atoms with Crippen molar-refractivity contribution < 1.29 is 5.11 Å². The monoisotopic (exact) mass is 151 g/mol. The molecule has 0 spiro atoms. The van der Waals surface area contributed by atoms with Gasteiger partial charge in [0.2, 0.25) is 0 Å². The Morgan fingerprint density at radius 1 is 1.45 bits per heavy atom. The van der Waals surface area contributed by atoms with Crippen LogP contribution in [0.1, 0.15) is 11.1 Å². The number of hydrogen-bond donors (Lipinski definition) is 2. The topological polar surface area (TPSA) is 46.2 Å². The van der Waals surface area contributed by atoms with Gasteiger partial charge in [-0.1, -0.05) is 12.1 Å². The highest BCUT2D eigenvalue weighted by atomic mass is 16.3. The van der Waals surface area contributed by atoms with Crippen molar-refractivity contribution in [3.05, 3.63) is 29.3 Å². The summed E-state index contributed by atoms with van der Waals surface area (Å²) in [7, 11) is 0. The molecule has 0 fully saturated rings. The summed E-state index contributed by atoms with van der Waals surface area (Å²) < 4.78 is 0. The lowest BCUT2D eigenvalue weighted by Gasteiger charge is -2.01. The third-order valence-corrected chi connectivity index (χ3v) is 1.71. The van der Waals surface area contributed by atoms with Crippen molar-refractivity contribution in [2.75, 3.05) is 6.54 Å². The van der Waals surface area contributed by atoms with E-state index in [0.29, 0.717) is 12.3 Å². The highest BCUT2D eigenvalue weighted by Crippen LogP contribution is 2.17. The molecule has 1 aromatic carbocycles. The third-order valence-electron chi connectivity index (χ3n) is 1.71. The Hall–Kier alpha value is -1.02. The summed E-state index contributed by atoms with van der Waals surface area (Å²) in [6.07, 6.45) is 0.827. The molecule has 0 atom stereocenters. The largest absolute Gasteiger partial charge is 0.508 e. The van der Waals surface area contributed by atoms with Crippen molar-refractivity contribution in [3.8, 4) is 5.75 Å². The molecular weight excluding hydrogens is 138 g/mol. The molecule has 2 nitrogen and oxygen atoms in total. The van der Waals surface area contributed by atoms with E-state index in [-0.39, 0.29) is 0 Å². The molecule has 3 N–H and O–H groups in total. The summed E-state index contributed by atoms with van der Waals surface area (Å²) in [4.78, 5) is 0. The Morgan fingerprint density at radius 2 is 2.18 bits per heavy atom. The van der Waals surface area contributed by atoms with Gasteiger partial charge in [0.05, 0.1) is 0 Å². The predicted octanol–water partition coefficient (Wildman–Crippen LogP) is 1.20. The highest BCUT2D eigenvalue weighted by Gasteiger charge is 1.96. The van der Waals surface area contributed by atoms with E-state index in [1.165, 1.54) is 0 Å². The first-order valence-corrected chi connectivity index (χ1v) is 3.72. The van der Waals surface area contributed by atoms with E-state index < -0.39 is 0 Å². The van der Waals surface area contributed by atoms with E-state index in [2.05, 4.69) is 0 Å². The first-order chi connectivity index (χ1) is 5.24. The van der Waals surface area contributed by atoms with Crippen molar-refractivity contribution in [3.63, 3.8) is 0 Å². The zero-order valence-electron chi connectivity index (χ0n) is 6.67. The maximum atomic E-state index is 9.29. The van der Waals surface area contributed by atoms with Gasteiger partial charge in [0.1, 0.15) is 5.75 Å². The van der Waals surface area contributed by atoms with Gasteiger partial charge in [0.25, 0.3) is 0 Å². The number of rotatable bonds is 2. The standard InChI is InChI=1S/C9H13NO/c1-7-2-3-8(4-5-10)6-9(7)11/h2-3,6,11H,4-5,10H2,1H3. The lowest BCUT2D eigenvalue weighted by Crippen LogP contribution is -2.02. The molecular formula is C9H13NO. The van der Waals surface area contributed by atoms with Crippen molar-refractivity contribution in [2.45, 2.75) is 13.3 Å². The van der Waals surface area contributed by atoms with Crippen molar-refractivity contribution >= 4 is 0 Å². The molecule has 0 aromatic heterocycles. The van der Waals surface area contributed by atoms with E-state index in [9.17, 15) is 5.11 Å². The van der Waals surface area contributed by atoms with Gasteiger partial charge >= 0.3 is 0 Å². The zero-order chi connectivity index (χ0) is 8.27. The molecule has 0 bridgehead atoms. The summed E-state index contributed by atoms with van der Waals surface area (Å²) in [6, 6.07) is 5.66. The smallest absolute Gasteiger partial charge is 0.118 e. The van der Waals surface area contributed by atoms with Gasteiger partial charge in [-0.2, -0.15) is 0 Å². The molecule has 0 heterocycles. The maximum absolute atomic E-state index is 9.29. The average Bonchev–Trinajstić information content (AvgIpc) is 1.98. The van der Waals surface area contributed by atoms with Gasteiger partial charge in [-0.25, -0.2) is 0 Å². The Morgan fingerprint density at radius 3 is 2.73 bits per heavy atom. The number of benzene rings is 1. The van der Waals surface area contributed by atoms with Gasteiger partial charge in [0.15, 0.2) is 0 Å². The van der Waals surface area contributed by atoms with Crippen LogP contribution in [-0.4, -0.2) is 11.7 Å². The average molecular weight is 151 g/mol. The van der Waals surface area contributed by atoms with Gasteiger partial charge < -0.3 is 10.8 Å². The fourth-order valence-electron chi connectivity index (χ4n) is 0.977. The first-order valence-electron chi connectivity index (χ1n) is 3.72. The Kier molecular flexibility index (Phi) is 2.49. The Bertz CT molecular complexity index is 245. The molecule has 0 aliphatic carbocycles. The molecule has 0 aliphatic heterocycles. The van der Waals surface area contributed by atoms with Gasteiger partial charge in [0, 0.05) is 0 Å². The van der Waals surface area contributed by atoms with Crippen LogP contribution in [0, 0.1) is 6.92 Å². The highest BCUT2D eigenvalue weighted by molar-refractivity contribution is 5.35. The number of phenolic OH excluding ortho intramolecular Hbond substituents is 1. The molecule has 1 aromatic rings. The van der Waals surface area contributed by atoms with Crippen LogP contribution in [0.3, 0.4) is 0 Å². The van der Waals surface area contributed by atoms with E-state index in [1.54, 1.807) is 6.07 Å². The number of phenols is 1. The number of aromatic hydroxyl groups is 1. The van der Waals surface area contributed by atoms with Gasteiger partial charge in [-0.05, 0) is 37.1 Å². The molecule has 0 aliphatic rings. The lowest BCUT2D eigenvalue weighted by atomic mass is 10.1. The van der Waals surface area contributed by atoms with Crippen LogP contribution in [0.25, 0.3) is 0 Å². The minimum Gasteiger partial charge on any atom is -0.508 e. The second-order valence-corrected chi connectivity index (χ2v) is 2.66. The molecule has 60 valence electrons. The third kappa shape index (κ3) is 1.95. The molecule has 1 rings (SSSR count). The summed E-state index contributed by atoms with van der Waals surface area (Å²) in [5.74, 6) is 0.357. The molecule has 0 unspecified atom stereocenters. The van der Waals surface area contributed by atoms with E-state index >= 15 is 0 Å². The quantitative estimate of drug-likeness (QED) is 0.667. The molecule has 11 heavy (non-hydrogen) atoms. The summed E-state index contributed by atoms with van der Waals surface area (Å²) in [6.45, 7) is 2.50. The van der Waals surface area contributed by atoms with Crippen LogP contribution in [0.15, 0.2) is 18.2 Å². The van der Waals surface area contributed by atoms with Crippen LogP contribution < -0.4 is 5.73 Å². The molecule has 0 saturated carbocycles. The fraction of sp³-hybridized carbons (Fsp3) is 0.333. The van der Waals surface area contributed by atoms with Crippen LogP contribution in [0.4, 0.5) is 0 Å². The minimum atomic E-state index is 0.357. The van der Waals surface area contributed by atoms with E-state index in [0.717, 1.165) is 17.5 Å². The summed E-state index contributed by atoms with van der Waals surface area (Å²) in [5.41, 5.74) is 7.37. The fourth-order valence-corrected chi connectivity index (χ4v) is 0.977. The molecule has 0 amide bonds. The van der Waals surface area contributed by atoms with Gasteiger partial charge in [-0.15, -0.1) is 0 Å². The zero-order valence-corrected chi connectivity index (χ0v) is 6.67. The maximum Gasteiger partial charge on any atom is 0.118 e. The first kappa shape index (κ1) is 8.08. The normalized spacial score (nSPS) is 10.0. The Balaban J connectivity index is 2.86. The van der Waals surface area contributed by atoms with Crippen molar-refractivity contribution in [1.82, 2.24) is 0 Å².